The molecule has 0 saturated carbocycles. The predicted octanol–water partition coefficient (Wildman–Crippen LogP) is 0.115. The zero-order valence-electron chi connectivity index (χ0n) is 10.6. The van der Waals surface area contributed by atoms with E-state index in [4.69, 9.17) is 0 Å². The first-order chi connectivity index (χ1) is 8.24. The molecule has 1 aliphatic heterocycles. The third-order valence-corrected chi connectivity index (χ3v) is 2.88. The van der Waals surface area contributed by atoms with E-state index in [0.29, 0.717) is 32.5 Å². The smallest absolute Gasteiger partial charge is 0.223 e. The molecule has 2 amide bonds. The van der Waals surface area contributed by atoms with Gasteiger partial charge in [-0.1, -0.05) is 0 Å². The van der Waals surface area contributed by atoms with Gasteiger partial charge in [0.15, 0.2) is 0 Å². The van der Waals surface area contributed by atoms with Gasteiger partial charge in [-0.3, -0.25) is 9.59 Å². The summed E-state index contributed by atoms with van der Waals surface area (Å²) in [5.41, 5.74) is 0. The van der Waals surface area contributed by atoms with E-state index in [1.807, 2.05) is 11.8 Å². The first kappa shape index (κ1) is 14.0. The van der Waals surface area contributed by atoms with Crippen LogP contribution in [-0.4, -0.2) is 49.4 Å². The molecular formula is C12H23N3O2. The molecule has 5 heteroatoms. The van der Waals surface area contributed by atoms with E-state index in [2.05, 4.69) is 10.6 Å². The minimum absolute atomic E-state index is 0.0610. The maximum Gasteiger partial charge on any atom is 0.223 e. The van der Waals surface area contributed by atoms with Gasteiger partial charge < -0.3 is 15.5 Å². The number of carbonyl (C=O) groups excluding carboxylic acids is 2. The maximum atomic E-state index is 11.7. The van der Waals surface area contributed by atoms with Crippen LogP contribution in [0.4, 0.5) is 0 Å². The second-order valence-electron chi connectivity index (χ2n) is 4.29. The lowest BCUT2D eigenvalue weighted by molar-refractivity contribution is -0.130. The van der Waals surface area contributed by atoms with E-state index in [9.17, 15) is 9.59 Å². The quantitative estimate of drug-likeness (QED) is 0.622. The van der Waals surface area contributed by atoms with E-state index in [-0.39, 0.29) is 11.8 Å². The summed E-state index contributed by atoms with van der Waals surface area (Å²) in [7, 11) is 0. The number of amides is 2. The van der Waals surface area contributed by atoms with Crippen LogP contribution in [0.5, 0.6) is 0 Å². The highest BCUT2D eigenvalue weighted by molar-refractivity contribution is 5.77. The van der Waals surface area contributed by atoms with Crippen molar-refractivity contribution in [1.29, 1.82) is 0 Å². The van der Waals surface area contributed by atoms with Crippen LogP contribution >= 0.6 is 0 Å². The lowest BCUT2D eigenvalue weighted by Gasteiger charge is -2.15. The molecule has 0 aliphatic carbocycles. The number of nitrogens with zero attached hydrogens (tertiary/aromatic N) is 1. The van der Waals surface area contributed by atoms with Gasteiger partial charge in [0.25, 0.3) is 0 Å². The van der Waals surface area contributed by atoms with Crippen LogP contribution in [0.3, 0.4) is 0 Å². The van der Waals surface area contributed by atoms with Crippen molar-refractivity contribution < 1.29 is 9.59 Å². The Hall–Kier alpha value is -1.10. The van der Waals surface area contributed by atoms with Crippen molar-refractivity contribution in [2.24, 2.45) is 0 Å². The number of rotatable bonds is 7. The number of carbonyl (C=O) groups is 2. The highest BCUT2D eigenvalue weighted by Gasteiger charge is 2.16. The molecule has 0 atom stereocenters. The monoisotopic (exact) mass is 241 g/mol. The van der Waals surface area contributed by atoms with Crippen molar-refractivity contribution in [3.05, 3.63) is 0 Å². The van der Waals surface area contributed by atoms with Crippen molar-refractivity contribution >= 4 is 11.8 Å². The minimum atomic E-state index is 0.0610. The Balaban J connectivity index is 1.96. The van der Waals surface area contributed by atoms with E-state index in [0.717, 1.165) is 25.9 Å². The Bertz CT molecular complexity index is 250. The fourth-order valence-corrected chi connectivity index (χ4v) is 1.93. The first-order valence-electron chi connectivity index (χ1n) is 6.49. The van der Waals surface area contributed by atoms with E-state index in [1.165, 1.54) is 0 Å². The van der Waals surface area contributed by atoms with Gasteiger partial charge in [-0.2, -0.15) is 0 Å². The molecule has 1 heterocycles. The summed E-state index contributed by atoms with van der Waals surface area (Å²) in [6.45, 7) is 5.70. The second-order valence-corrected chi connectivity index (χ2v) is 4.29. The second kappa shape index (κ2) is 8.06. The SMILES string of the molecule is CCNC(=O)CCNCCC(=O)N1CCCC1. The van der Waals surface area contributed by atoms with E-state index >= 15 is 0 Å². The molecule has 0 aromatic carbocycles. The van der Waals surface area contributed by atoms with Gasteiger partial charge in [-0.05, 0) is 19.8 Å². The predicted molar refractivity (Wildman–Crippen MR) is 66.6 cm³/mol. The van der Waals surface area contributed by atoms with Gasteiger partial charge in [0.05, 0.1) is 0 Å². The first-order valence-corrected chi connectivity index (χ1v) is 6.49. The van der Waals surface area contributed by atoms with Gasteiger partial charge in [0.2, 0.25) is 11.8 Å². The molecule has 0 spiro atoms. The van der Waals surface area contributed by atoms with Gasteiger partial charge in [0.1, 0.15) is 0 Å². The molecule has 0 aromatic rings. The summed E-state index contributed by atoms with van der Waals surface area (Å²) >= 11 is 0. The fourth-order valence-electron chi connectivity index (χ4n) is 1.93. The highest BCUT2D eigenvalue weighted by atomic mass is 16.2. The Morgan fingerprint density at radius 1 is 1.12 bits per heavy atom. The molecule has 98 valence electrons. The minimum Gasteiger partial charge on any atom is -0.356 e. The van der Waals surface area contributed by atoms with Crippen LogP contribution in [-0.2, 0) is 9.59 Å². The van der Waals surface area contributed by atoms with Crippen LogP contribution < -0.4 is 10.6 Å². The largest absolute Gasteiger partial charge is 0.356 e. The van der Waals surface area contributed by atoms with Crippen LogP contribution in [0.15, 0.2) is 0 Å². The standard InChI is InChI=1S/C12H23N3O2/c1-2-14-11(16)5-7-13-8-6-12(17)15-9-3-4-10-15/h13H,2-10H2,1H3,(H,14,16). The van der Waals surface area contributed by atoms with Gasteiger partial charge in [-0.25, -0.2) is 0 Å². The van der Waals surface area contributed by atoms with Crippen molar-refractivity contribution in [2.45, 2.75) is 32.6 Å². The lowest BCUT2D eigenvalue weighted by Crippen LogP contribution is -2.32. The fraction of sp³-hybridized carbons (Fsp3) is 0.833. The normalized spacial score (nSPS) is 15.0. The molecule has 0 unspecified atom stereocenters. The topological polar surface area (TPSA) is 61.4 Å². The molecule has 2 N–H and O–H groups in total. The summed E-state index contributed by atoms with van der Waals surface area (Å²) < 4.78 is 0. The van der Waals surface area contributed by atoms with Crippen molar-refractivity contribution in [3.63, 3.8) is 0 Å². The zero-order chi connectivity index (χ0) is 12.5. The number of nitrogens with one attached hydrogen (secondary N) is 2. The molecular weight excluding hydrogens is 218 g/mol. The van der Waals surface area contributed by atoms with Crippen molar-refractivity contribution in [3.8, 4) is 0 Å². The summed E-state index contributed by atoms with van der Waals surface area (Å²) in [6, 6.07) is 0. The molecule has 17 heavy (non-hydrogen) atoms. The average molecular weight is 241 g/mol. The summed E-state index contributed by atoms with van der Waals surface area (Å²) in [5, 5.41) is 5.86. The summed E-state index contributed by atoms with van der Waals surface area (Å²) in [5.74, 6) is 0.291. The third-order valence-electron chi connectivity index (χ3n) is 2.88. The van der Waals surface area contributed by atoms with Crippen LogP contribution in [0.2, 0.25) is 0 Å². The number of hydrogen-bond donors (Lipinski definition) is 2. The lowest BCUT2D eigenvalue weighted by atomic mass is 10.3. The Kier molecular flexibility index (Phi) is 6.62. The highest BCUT2D eigenvalue weighted by Crippen LogP contribution is 2.08. The molecule has 1 fully saturated rings. The molecule has 1 aliphatic rings. The molecule has 0 bridgehead atoms. The van der Waals surface area contributed by atoms with Crippen molar-refractivity contribution in [2.75, 3.05) is 32.7 Å². The van der Waals surface area contributed by atoms with Gasteiger partial charge in [0, 0.05) is 45.6 Å². The molecule has 0 aromatic heterocycles. The Morgan fingerprint density at radius 2 is 1.76 bits per heavy atom. The van der Waals surface area contributed by atoms with E-state index in [1.54, 1.807) is 0 Å². The zero-order valence-corrected chi connectivity index (χ0v) is 10.6. The van der Waals surface area contributed by atoms with Gasteiger partial charge >= 0.3 is 0 Å². The third kappa shape index (κ3) is 5.68. The van der Waals surface area contributed by atoms with Crippen LogP contribution in [0.1, 0.15) is 32.6 Å². The van der Waals surface area contributed by atoms with E-state index < -0.39 is 0 Å². The number of hydrogen-bond acceptors (Lipinski definition) is 3. The summed E-state index contributed by atoms with van der Waals surface area (Å²) in [6.07, 6.45) is 3.29. The Morgan fingerprint density at radius 3 is 2.41 bits per heavy atom. The molecule has 1 saturated heterocycles. The molecule has 5 nitrogen and oxygen atoms in total. The van der Waals surface area contributed by atoms with Crippen molar-refractivity contribution in [1.82, 2.24) is 15.5 Å². The maximum absolute atomic E-state index is 11.7. The number of likely N-dealkylation sites (tertiary alicyclic amines) is 1. The Labute approximate surface area is 103 Å². The van der Waals surface area contributed by atoms with Crippen LogP contribution in [0, 0.1) is 0 Å². The average Bonchev–Trinajstić information content (AvgIpc) is 2.82. The van der Waals surface area contributed by atoms with Gasteiger partial charge in [-0.15, -0.1) is 0 Å². The molecule has 1 rings (SSSR count). The summed E-state index contributed by atoms with van der Waals surface area (Å²) in [4.78, 5) is 24.7. The molecule has 0 radical (unpaired) electrons. The van der Waals surface area contributed by atoms with Crippen LogP contribution in [0.25, 0.3) is 0 Å².